The second-order valence-electron chi connectivity index (χ2n) is 6.96. The monoisotopic (exact) mass is 351 g/mol. The molecule has 0 saturated heterocycles. The molecule has 3 N–H and O–H groups in total. The number of ether oxygens (including phenoxy) is 1. The zero-order valence-electron chi connectivity index (χ0n) is 15.4. The summed E-state index contributed by atoms with van der Waals surface area (Å²) >= 11 is 0. The minimum absolute atomic E-state index is 0.223. The van der Waals surface area contributed by atoms with Crippen LogP contribution in [0.5, 0.6) is 5.75 Å². The van der Waals surface area contributed by atoms with Crippen molar-refractivity contribution in [3.05, 3.63) is 60.3 Å². The first kappa shape index (κ1) is 17.9. The molecule has 136 valence electrons. The number of fused-ring (bicyclic) bond motifs is 1. The summed E-state index contributed by atoms with van der Waals surface area (Å²) in [6.07, 6.45) is 2.74. The summed E-state index contributed by atoms with van der Waals surface area (Å²) in [6, 6.07) is 15.3. The molecule has 1 heterocycles. The minimum atomic E-state index is -0.389. The molecular weight excluding hydrogens is 326 g/mol. The number of aromatic nitrogens is 1. The SMILES string of the molecule is CCOc1ccc(NC(=O)NC(C)(C)Cc2c[nH]c3ccccc23)cc1. The number of benzene rings is 2. The fourth-order valence-electron chi connectivity index (χ4n) is 3.07. The van der Waals surface area contributed by atoms with Crippen LogP contribution in [0.15, 0.2) is 54.7 Å². The summed E-state index contributed by atoms with van der Waals surface area (Å²) in [7, 11) is 0. The van der Waals surface area contributed by atoms with Gasteiger partial charge < -0.3 is 20.4 Å². The van der Waals surface area contributed by atoms with Crippen LogP contribution in [0, 0.1) is 0 Å². The Balaban J connectivity index is 1.62. The van der Waals surface area contributed by atoms with Crippen molar-refractivity contribution in [2.45, 2.75) is 32.7 Å². The van der Waals surface area contributed by atoms with Gasteiger partial charge >= 0.3 is 6.03 Å². The van der Waals surface area contributed by atoms with Gasteiger partial charge in [0, 0.05) is 28.3 Å². The van der Waals surface area contributed by atoms with Gasteiger partial charge in [0.15, 0.2) is 0 Å². The smallest absolute Gasteiger partial charge is 0.319 e. The second-order valence-corrected chi connectivity index (χ2v) is 6.96. The molecule has 0 bridgehead atoms. The summed E-state index contributed by atoms with van der Waals surface area (Å²) in [5, 5.41) is 7.11. The summed E-state index contributed by atoms with van der Waals surface area (Å²) in [5.74, 6) is 0.790. The van der Waals surface area contributed by atoms with Crippen LogP contribution in [0.25, 0.3) is 10.9 Å². The molecule has 0 saturated carbocycles. The van der Waals surface area contributed by atoms with E-state index in [1.165, 1.54) is 10.9 Å². The average Bonchev–Trinajstić information content (AvgIpc) is 2.99. The van der Waals surface area contributed by atoms with Crippen molar-refractivity contribution < 1.29 is 9.53 Å². The van der Waals surface area contributed by atoms with Gasteiger partial charge in [0.1, 0.15) is 5.75 Å². The van der Waals surface area contributed by atoms with Gasteiger partial charge in [-0.2, -0.15) is 0 Å². The van der Waals surface area contributed by atoms with Gasteiger partial charge in [0.05, 0.1) is 6.61 Å². The number of hydrogen-bond acceptors (Lipinski definition) is 2. The molecule has 0 aliphatic carbocycles. The lowest BCUT2D eigenvalue weighted by atomic mass is 9.95. The first-order valence-electron chi connectivity index (χ1n) is 8.84. The molecule has 26 heavy (non-hydrogen) atoms. The lowest BCUT2D eigenvalue weighted by molar-refractivity contribution is 0.241. The first-order valence-corrected chi connectivity index (χ1v) is 8.84. The molecule has 0 radical (unpaired) electrons. The number of H-pyrrole nitrogens is 1. The summed E-state index contributed by atoms with van der Waals surface area (Å²) in [4.78, 5) is 15.6. The third-order valence-corrected chi connectivity index (χ3v) is 4.18. The number of para-hydroxylation sites is 1. The molecule has 2 aromatic carbocycles. The molecule has 1 aromatic heterocycles. The van der Waals surface area contributed by atoms with E-state index in [-0.39, 0.29) is 11.6 Å². The van der Waals surface area contributed by atoms with Gasteiger partial charge in [-0.1, -0.05) is 18.2 Å². The van der Waals surface area contributed by atoms with E-state index in [2.05, 4.69) is 27.8 Å². The largest absolute Gasteiger partial charge is 0.494 e. The van der Waals surface area contributed by atoms with Crippen molar-refractivity contribution in [3.8, 4) is 5.75 Å². The Labute approximate surface area is 153 Å². The summed E-state index contributed by atoms with van der Waals surface area (Å²) < 4.78 is 5.41. The number of carbonyl (C=O) groups is 1. The van der Waals surface area contributed by atoms with E-state index in [4.69, 9.17) is 4.74 Å². The van der Waals surface area contributed by atoms with Crippen molar-refractivity contribution in [1.82, 2.24) is 10.3 Å². The molecular formula is C21H25N3O2. The van der Waals surface area contributed by atoms with Gasteiger partial charge in [0.2, 0.25) is 0 Å². The van der Waals surface area contributed by atoms with Crippen LogP contribution < -0.4 is 15.4 Å². The van der Waals surface area contributed by atoms with Gasteiger partial charge in [-0.15, -0.1) is 0 Å². The highest BCUT2D eigenvalue weighted by atomic mass is 16.5. The minimum Gasteiger partial charge on any atom is -0.494 e. The summed E-state index contributed by atoms with van der Waals surface area (Å²) in [5.41, 5.74) is 2.64. The van der Waals surface area contributed by atoms with Crippen LogP contribution in [0.1, 0.15) is 26.3 Å². The van der Waals surface area contributed by atoms with Crippen molar-refractivity contribution in [2.24, 2.45) is 0 Å². The quantitative estimate of drug-likeness (QED) is 0.602. The Morgan fingerprint density at radius 1 is 1.12 bits per heavy atom. The third-order valence-electron chi connectivity index (χ3n) is 4.18. The van der Waals surface area contributed by atoms with Crippen LogP contribution in [0.2, 0.25) is 0 Å². The predicted molar refractivity (Wildman–Crippen MR) is 106 cm³/mol. The standard InChI is InChI=1S/C21H25N3O2/c1-4-26-17-11-9-16(10-12-17)23-20(25)24-21(2,3)13-15-14-22-19-8-6-5-7-18(15)19/h5-12,14,22H,4,13H2,1-3H3,(H2,23,24,25). The maximum Gasteiger partial charge on any atom is 0.319 e. The Morgan fingerprint density at radius 2 is 1.85 bits per heavy atom. The zero-order valence-corrected chi connectivity index (χ0v) is 15.4. The van der Waals surface area contributed by atoms with Crippen LogP contribution >= 0.6 is 0 Å². The third kappa shape index (κ3) is 4.36. The maximum atomic E-state index is 12.4. The Bertz CT molecular complexity index is 882. The predicted octanol–water partition coefficient (Wildman–Crippen LogP) is 4.71. The van der Waals surface area contributed by atoms with E-state index >= 15 is 0 Å². The van der Waals surface area contributed by atoms with Crippen molar-refractivity contribution in [2.75, 3.05) is 11.9 Å². The average molecular weight is 351 g/mol. The highest BCUT2D eigenvalue weighted by Gasteiger charge is 2.22. The molecule has 2 amide bonds. The fourth-order valence-corrected chi connectivity index (χ4v) is 3.07. The van der Waals surface area contributed by atoms with Crippen LogP contribution in [0.3, 0.4) is 0 Å². The zero-order chi connectivity index (χ0) is 18.6. The van der Waals surface area contributed by atoms with Gasteiger partial charge in [0.25, 0.3) is 0 Å². The Kier molecular flexibility index (Phi) is 5.16. The first-order chi connectivity index (χ1) is 12.5. The molecule has 3 aromatic rings. The van der Waals surface area contributed by atoms with Crippen molar-refractivity contribution >= 4 is 22.6 Å². The molecule has 0 fully saturated rings. The molecule has 0 aliphatic rings. The maximum absolute atomic E-state index is 12.4. The van der Waals surface area contributed by atoms with Crippen LogP contribution in [-0.4, -0.2) is 23.2 Å². The fraction of sp³-hybridized carbons (Fsp3) is 0.286. The van der Waals surface area contributed by atoms with Gasteiger partial charge in [-0.3, -0.25) is 0 Å². The van der Waals surface area contributed by atoms with E-state index < -0.39 is 0 Å². The van der Waals surface area contributed by atoms with Crippen molar-refractivity contribution in [3.63, 3.8) is 0 Å². The van der Waals surface area contributed by atoms with Crippen LogP contribution in [0.4, 0.5) is 10.5 Å². The van der Waals surface area contributed by atoms with Gasteiger partial charge in [-0.25, -0.2) is 4.79 Å². The van der Waals surface area contributed by atoms with Gasteiger partial charge in [-0.05, 0) is 63.1 Å². The number of hydrogen-bond donors (Lipinski definition) is 3. The summed E-state index contributed by atoms with van der Waals surface area (Å²) in [6.45, 7) is 6.60. The van der Waals surface area contributed by atoms with E-state index in [9.17, 15) is 4.79 Å². The highest BCUT2D eigenvalue weighted by molar-refractivity contribution is 5.90. The molecule has 5 nitrogen and oxygen atoms in total. The molecule has 5 heteroatoms. The Morgan fingerprint density at radius 3 is 2.58 bits per heavy atom. The number of nitrogens with one attached hydrogen (secondary N) is 3. The highest BCUT2D eigenvalue weighted by Crippen LogP contribution is 2.22. The number of rotatable bonds is 6. The lowest BCUT2D eigenvalue weighted by Gasteiger charge is -2.26. The number of aromatic amines is 1. The molecule has 0 atom stereocenters. The van der Waals surface area contributed by atoms with E-state index in [1.807, 2.05) is 63.4 Å². The van der Waals surface area contributed by atoms with Crippen molar-refractivity contribution in [1.29, 1.82) is 0 Å². The molecule has 0 unspecified atom stereocenters. The molecule has 3 rings (SSSR count). The topological polar surface area (TPSA) is 66.2 Å². The Hall–Kier alpha value is -2.95. The number of amides is 2. The molecule has 0 aliphatic heterocycles. The number of carbonyl (C=O) groups excluding carboxylic acids is 1. The normalized spacial score (nSPS) is 11.3. The second kappa shape index (κ2) is 7.52. The number of urea groups is 1. The lowest BCUT2D eigenvalue weighted by Crippen LogP contribution is -2.47. The van der Waals surface area contributed by atoms with E-state index in [0.29, 0.717) is 6.61 Å². The number of anilines is 1. The van der Waals surface area contributed by atoms with E-state index in [0.717, 1.165) is 23.4 Å². The van der Waals surface area contributed by atoms with E-state index in [1.54, 1.807) is 0 Å². The molecule has 0 spiro atoms. The van der Waals surface area contributed by atoms with Crippen LogP contribution in [-0.2, 0) is 6.42 Å².